The molecular weight excluding hydrogens is 410 g/mol. The van der Waals surface area contributed by atoms with Crippen molar-refractivity contribution in [2.75, 3.05) is 33.9 Å². The molecule has 2 amide bonds. The third kappa shape index (κ3) is 5.02. The number of hydrogen-bond donors (Lipinski definition) is 1. The molecule has 3 rings (SSSR count). The van der Waals surface area contributed by atoms with Gasteiger partial charge in [-0.2, -0.15) is 0 Å². The Morgan fingerprint density at radius 1 is 1.38 bits per heavy atom. The van der Waals surface area contributed by atoms with Gasteiger partial charge in [-0.1, -0.05) is 19.1 Å². The lowest BCUT2D eigenvalue weighted by Crippen LogP contribution is -2.50. The number of aromatic nitrogens is 1. The van der Waals surface area contributed by atoms with Gasteiger partial charge < -0.3 is 24.4 Å². The zero-order valence-corrected chi connectivity index (χ0v) is 19.2. The van der Waals surface area contributed by atoms with E-state index in [-0.39, 0.29) is 42.4 Å². The molecule has 0 aliphatic carbocycles. The molecule has 0 fully saturated rings. The van der Waals surface area contributed by atoms with Crippen LogP contribution >= 0.6 is 0 Å². The molecule has 8 heteroatoms. The fourth-order valence-electron chi connectivity index (χ4n) is 3.68. The number of hydrogen-bond acceptors (Lipinski definition) is 6. The van der Waals surface area contributed by atoms with E-state index in [9.17, 15) is 14.7 Å². The van der Waals surface area contributed by atoms with Gasteiger partial charge in [0.1, 0.15) is 17.4 Å². The fourth-order valence-corrected chi connectivity index (χ4v) is 3.68. The Balaban J connectivity index is 2.06. The van der Waals surface area contributed by atoms with Crippen LogP contribution in [-0.4, -0.2) is 77.7 Å². The number of carbonyl (C=O) groups excluding carboxylic acids is 2. The summed E-state index contributed by atoms with van der Waals surface area (Å²) in [5.41, 5.74) is 1.94. The maximum atomic E-state index is 13.5. The Labute approximate surface area is 188 Å². The highest BCUT2D eigenvalue weighted by molar-refractivity contribution is 5.98. The molecule has 0 bridgehead atoms. The zero-order chi connectivity index (χ0) is 23.4. The third-order valence-corrected chi connectivity index (χ3v) is 5.92. The van der Waals surface area contributed by atoms with E-state index >= 15 is 0 Å². The standard InChI is InChI=1S/C24H31N3O5/c1-15-12-27(16(2)14-28)24(30)21-10-19(18-7-6-8-20(9-18)31-5)11-25-23(21)32-22(15)13-26(4)17(3)29/h6-11,15-16,22,28H,12-14H2,1-5H3/t15-,16+,22+/m1/s1. The van der Waals surface area contributed by atoms with E-state index in [1.54, 1.807) is 36.2 Å². The van der Waals surface area contributed by atoms with Crippen LogP contribution < -0.4 is 9.47 Å². The van der Waals surface area contributed by atoms with E-state index in [2.05, 4.69) is 4.98 Å². The highest BCUT2D eigenvalue weighted by Gasteiger charge is 2.34. The van der Waals surface area contributed by atoms with Gasteiger partial charge >= 0.3 is 0 Å². The van der Waals surface area contributed by atoms with E-state index in [0.717, 1.165) is 11.1 Å². The van der Waals surface area contributed by atoms with Crippen LogP contribution in [0, 0.1) is 5.92 Å². The molecule has 1 aliphatic rings. The Morgan fingerprint density at radius 2 is 2.12 bits per heavy atom. The summed E-state index contributed by atoms with van der Waals surface area (Å²) in [6, 6.07) is 8.90. The number of likely N-dealkylation sites (N-methyl/N-ethyl adjacent to an activating group) is 1. The number of ether oxygens (including phenoxy) is 2. The Hall–Kier alpha value is -3.13. The molecule has 0 radical (unpaired) electrons. The normalized spacial score (nSPS) is 19.3. The van der Waals surface area contributed by atoms with Gasteiger partial charge in [0.15, 0.2) is 0 Å². The number of benzene rings is 1. The predicted molar refractivity (Wildman–Crippen MR) is 121 cm³/mol. The number of carbonyl (C=O) groups is 2. The SMILES string of the molecule is COc1cccc(-c2cnc3c(c2)C(=O)N([C@@H](C)CO)C[C@@H](C)[C@H](CN(C)C(C)=O)O3)c1. The summed E-state index contributed by atoms with van der Waals surface area (Å²) in [5.74, 6) is 0.534. The first-order chi connectivity index (χ1) is 15.2. The van der Waals surface area contributed by atoms with Crippen LogP contribution in [0.1, 0.15) is 31.1 Å². The molecule has 2 aromatic rings. The quantitative estimate of drug-likeness (QED) is 0.740. The summed E-state index contributed by atoms with van der Waals surface area (Å²) in [7, 11) is 3.32. The van der Waals surface area contributed by atoms with Crippen molar-refractivity contribution in [2.24, 2.45) is 5.92 Å². The predicted octanol–water partition coefficient (Wildman–Crippen LogP) is 2.46. The number of aliphatic hydroxyl groups is 1. The zero-order valence-electron chi connectivity index (χ0n) is 19.2. The maximum absolute atomic E-state index is 13.5. The van der Waals surface area contributed by atoms with Gasteiger partial charge in [0.25, 0.3) is 5.91 Å². The minimum absolute atomic E-state index is 0.0685. The molecule has 3 atom stereocenters. The largest absolute Gasteiger partial charge is 0.497 e. The minimum atomic E-state index is -0.373. The number of pyridine rings is 1. The highest BCUT2D eigenvalue weighted by Crippen LogP contribution is 2.31. The number of rotatable bonds is 6. The van der Waals surface area contributed by atoms with Crippen molar-refractivity contribution < 1.29 is 24.2 Å². The van der Waals surface area contributed by atoms with Gasteiger partial charge in [0.2, 0.25) is 11.8 Å². The number of aliphatic hydroxyl groups excluding tert-OH is 1. The van der Waals surface area contributed by atoms with Crippen molar-refractivity contribution in [1.82, 2.24) is 14.8 Å². The summed E-state index contributed by atoms with van der Waals surface area (Å²) < 4.78 is 11.5. The summed E-state index contributed by atoms with van der Waals surface area (Å²) in [5, 5.41) is 9.77. The molecule has 32 heavy (non-hydrogen) atoms. The Kier molecular flexibility index (Phi) is 7.35. The van der Waals surface area contributed by atoms with Crippen LogP contribution in [0.3, 0.4) is 0 Å². The molecule has 0 saturated carbocycles. The molecule has 1 aromatic heterocycles. The molecule has 1 aromatic carbocycles. The van der Waals surface area contributed by atoms with Crippen molar-refractivity contribution in [3.63, 3.8) is 0 Å². The molecule has 1 N–H and O–H groups in total. The lowest BCUT2D eigenvalue weighted by atomic mass is 9.99. The lowest BCUT2D eigenvalue weighted by Gasteiger charge is -2.37. The number of fused-ring (bicyclic) bond motifs is 1. The number of methoxy groups -OCH3 is 1. The van der Waals surface area contributed by atoms with Gasteiger partial charge in [-0.25, -0.2) is 4.98 Å². The molecule has 1 aliphatic heterocycles. The summed E-state index contributed by atoms with van der Waals surface area (Å²) in [6.45, 7) is 5.88. The van der Waals surface area contributed by atoms with E-state index in [0.29, 0.717) is 24.4 Å². The molecule has 8 nitrogen and oxygen atoms in total. The fraction of sp³-hybridized carbons (Fsp3) is 0.458. The molecular formula is C24H31N3O5. The van der Waals surface area contributed by atoms with Crippen molar-refractivity contribution in [3.05, 3.63) is 42.1 Å². The number of amides is 2. The second kappa shape index (κ2) is 9.99. The monoisotopic (exact) mass is 441 g/mol. The third-order valence-electron chi connectivity index (χ3n) is 5.92. The Bertz CT molecular complexity index is 980. The van der Waals surface area contributed by atoms with Crippen molar-refractivity contribution in [1.29, 1.82) is 0 Å². The first-order valence-electron chi connectivity index (χ1n) is 10.7. The second-order valence-electron chi connectivity index (χ2n) is 8.33. The summed E-state index contributed by atoms with van der Waals surface area (Å²) in [6.07, 6.45) is 1.30. The van der Waals surface area contributed by atoms with Crippen LogP contribution in [0.5, 0.6) is 11.6 Å². The van der Waals surface area contributed by atoms with E-state index in [4.69, 9.17) is 9.47 Å². The molecule has 0 spiro atoms. The van der Waals surface area contributed by atoms with Crippen LogP contribution in [0.25, 0.3) is 11.1 Å². The highest BCUT2D eigenvalue weighted by atomic mass is 16.5. The van der Waals surface area contributed by atoms with Gasteiger partial charge in [-0.15, -0.1) is 0 Å². The minimum Gasteiger partial charge on any atom is -0.497 e. The Morgan fingerprint density at radius 3 is 2.78 bits per heavy atom. The average molecular weight is 442 g/mol. The maximum Gasteiger partial charge on any atom is 0.259 e. The van der Waals surface area contributed by atoms with Gasteiger partial charge in [-0.05, 0) is 30.7 Å². The van der Waals surface area contributed by atoms with Crippen LogP contribution in [0.15, 0.2) is 36.5 Å². The van der Waals surface area contributed by atoms with Crippen molar-refractivity contribution in [2.45, 2.75) is 32.9 Å². The first-order valence-corrected chi connectivity index (χ1v) is 10.7. The lowest BCUT2D eigenvalue weighted by molar-refractivity contribution is -0.129. The summed E-state index contributed by atoms with van der Waals surface area (Å²) in [4.78, 5) is 33.0. The van der Waals surface area contributed by atoms with Gasteiger partial charge in [0.05, 0.1) is 26.3 Å². The first kappa shape index (κ1) is 23.5. The van der Waals surface area contributed by atoms with E-state index in [1.807, 2.05) is 38.1 Å². The average Bonchev–Trinajstić information content (AvgIpc) is 2.80. The van der Waals surface area contributed by atoms with Crippen LogP contribution in [0.4, 0.5) is 0 Å². The molecule has 172 valence electrons. The molecule has 0 saturated heterocycles. The molecule has 0 unspecified atom stereocenters. The molecule has 2 heterocycles. The van der Waals surface area contributed by atoms with Crippen LogP contribution in [-0.2, 0) is 4.79 Å². The smallest absolute Gasteiger partial charge is 0.259 e. The van der Waals surface area contributed by atoms with Crippen LogP contribution in [0.2, 0.25) is 0 Å². The van der Waals surface area contributed by atoms with Crippen molar-refractivity contribution >= 4 is 11.8 Å². The van der Waals surface area contributed by atoms with Gasteiger partial charge in [-0.3, -0.25) is 9.59 Å². The number of nitrogens with zero attached hydrogens (tertiary/aromatic N) is 3. The topological polar surface area (TPSA) is 92.2 Å². The van der Waals surface area contributed by atoms with E-state index < -0.39 is 0 Å². The second-order valence-corrected chi connectivity index (χ2v) is 8.33. The van der Waals surface area contributed by atoms with Gasteiger partial charge in [0, 0.05) is 38.2 Å². The summed E-state index contributed by atoms with van der Waals surface area (Å²) >= 11 is 0. The van der Waals surface area contributed by atoms with Crippen molar-refractivity contribution in [3.8, 4) is 22.8 Å². The van der Waals surface area contributed by atoms with E-state index in [1.165, 1.54) is 6.92 Å².